The largest absolute Gasteiger partial charge is 0.330 e. The smallest absolute Gasteiger partial charge is 0.260 e. The van der Waals surface area contributed by atoms with Crippen molar-refractivity contribution in [2.75, 3.05) is 32.7 Å². The molecule has 0 bridgehead atoms. The lowest BCUT2D eigenvalue weighted by Gasteiger charge is -2.38. The summed E-state index contributed by atoms with van der Waals surface area (Å²) in [6.07, 6.45) is 3.52. The summed E-state index contributed by atoms with van der Waals surface area (Å²) in [5.74, 6) is 0. The maximum atomic E-state index is 12.6. The number of aryl methyl sites for hydroxylation is 1. The van der Waals surface area contributed by atoms with E-state index in [1.807, 2.05) is 0 Å². The summed E-state index contributed by atoms with van der Waals surface area (Å²) in [7, 11) is -1.78. The van der Waals surface area contributed by atoms with Crippen molar-refractivity contribution in [3.8, 4) is 0 Å². The zero-order valence-corrected chi connectivity index (χ0v) is 13.6. The molecule has 0 radical (unpaired) electrons. The van der Waals surface area contributed by atoms with Crippen LogP contribution in [0.5, 0.6) is 0 Å². The standard InChI is InChI=1S/C13H25N5O2S/c1-3-12(4-6-14)17-8-10-18(11-9-17)21(19,20)13-5-7-15-16(13)2/h5,7,12H,3-4,6,8-11,14H2,1-2H3. The summed E-state index contributed by atoms with van der Waals surface area (Å²) in [6.45, 7) is 5.39. The molecule has 0 saturated carbocycles. The minimum Gasteiger partial charge on any atom is -0.330 e. The van der Waals surface area contributed by atoms with Gasteiger partial charge in [0.1, 0.15) is 0 Å². The Balaban J connectivity index is 2.02. The van der Waals surface area contributed by atoms with Gasteiger partial charge in [-0.2, -0.15) is 9.40 Å². The highest BCUT2D eigenvalue weighted by Crippen LogP contribution is 2.18. The van der Waals surface area contributed by atoms with Gasteiger partial charge in [-0.3, -0.25) is 9.58 Å². The molecule has 1 aromatic rings. The highest BCUT2D eigenvalue weighted by Gasteiger charge is 2.31. The van der Waals surface area contributed by atoms with E-state index in [4.69, 9.17) is 5.73 Å². The van der Waals surface area contributed by atoms with E-state index < -0.39 is 10.0 Å². The summed E-state index contributed by atoms with van der Waals surface area (Å²) < 4.78 is 28.1. The van der Waals surface area contributed by atoms with Crippen LogP contribution in [-0.4, -0.2) is 66.2 Å². The summed E-state index contributed by atoms with van der Waals surface area (Å²) in [6, 6.07) is 2.00. The molecule has 1 unspecified atom stereocenters. The summed E-state index contributed by atoms with van der Waals surface area (Å²) in [5.41, 5.74) is 5.65. The van der Waals surface area contributed by atoms with E-state index in [0.29, 0.717) is 25.7 Å². The first-order valence-electron chi connectivity index (χ1n) is 7.43. The second-order valence-corrected chi connectivity index (χ2v) is 7.26. The van der Waals surface area contributed by atoms with Crippen LogP contribution in [0.1, 0.15) is 19.8 Å². The predicted octanol–water partition coefficient (Wildman–Crippen LogP) is -0.146. The van der Waals surface area contributed by atoms with E-state index in [1.54, 1.807) is 17.4 Å². The van der Waals surface area contributed by atoms with Crippen molar-refractivity contribution in [3.63, 3.8) is 0 Å². The maximum Gasteiger partial charge on any atom is 0.260 e. The number of piperazine rings is 1. The Hall–Kier alpha value is -0.960. The van der Waals surface area contributed by atoms with Gasteiger partial charge in [-0.15, -0.1) is 0 Å². The van der Waals surface area contributed by atoms with Crippen molar-refractivity contribution in [2.45, 2.75) is 30.8 Å². The molecule has 1 fully saturated rings. The Kier molecular flexibility index (Phi) is 5.37. The van der Waals surface area contributed by atoms with Gasteiger partial charge in [-0.25, -0.2) is 8.42 Å². The van der Waals surface area contributed by atoms with Gasteiger partial charge in [-0.1, -0.05) is 6.92 Å². The maximum absolute atomic E-state index is 12.6. The van der Waals surface area contributed by atoms with Crippen LogP contribution in [0, 0.1) is 0 Å². The average molecular weight is 315 g/mol. The molecule has 0 aliphatic carbocycles. The molecule has 1 atom stereocenters. The molecule has 8 heteroatoms. The van der Waals surface area contributed by atoms with E-state index >= 15 is 0 Å². The van der Waals surface area contributed by atoms with Gasteiger partial charge in [0, 0.05) is 39.3 Å². The molecule has 7 nitrogen and oxygen atoms in total. The molecule has 0 amide bonds. The molecule has 21 heavy (non-hydrogen) atoms. The second-order valence-electron chi connectivity index (χ2n) is 5.37. The van der Waals surface area contributed by atoms with Crippen LogP contribution in [0.25, 0.3) is 0 Å². The van der Waals surface area contributed by atoms with E-state index in [1.165, 1.54) is 10.9 Å². The van der Waals surface area contributed by atoms with Gasteiger partial charge in [0.15, 0.2) is 5.03 Å². The van der Waals surface area contributed by atoms with Crippen LogP contribution in [0.2, 0.25) is 0 Å². The van der Waals surface area contributed by atoms with Gasteiger partial charge in [0.2, 0.25) is 0 Å². The number of aromatic nitrogens is 2. The first kappa shape index (κ1) is 16.4. The van der Waals surface area contributed by atoms with E-state index in [2.05, 4.69) is 16.9 Å². The number of rotatable bonds is 6. The number of hydrogen-bond acceptors (Lipinski definition) is 5. The molecule has 1 aromatic heterocycles. The third-order valence-electron chi connectivity index (χ3n) is 4.14. The molecule has 2 N–H and O–H groups in total. The van der Waals surface area contributed by atoms with E-state index in [-0.39, 0.29) is 5.03 Å². The number of hydrogen-bond donors (Lipinski definition) is 1. The van der Waals surface area contributed by atoms with Crippen LogP contribution < -0.4 is 5.73 Å². The van der Waals surface area contributed by atoms with Crippen LogP contribution in [-0.2, 0) is 17.1 Å². The molecule has 0 spiro atoms. The number of nitrogens with two attached hydrogens (primary N) is 1. The van der Waals surface area contributed by atoms with Crippen LogP contribution in [0.3, 0.4) is 0 Å². The molecule has 2 heterocycles. The Morgan fingerprint density at radius 3 is 2.48 bits per heavy atom. The van der Waals surface area contributed by atoms with Gasteiger partial charge in [0.05, 0.1) is 6.20 Å². The Morgan fingerprint density at radius 1 is 1.33 bits per heavy atom. The first-order chi connectivity index (χ1) is 10.0. The lowest BCUT2D eigenvalue weighted by molar-refractivity contribution is 0.128. The number of nitrogens with zero attached hydrogens (tertiary/aromatic N) is 4. The normalized spacial score (nSPS) is 19.8. The fourth-order valence-corrected chi connectivity index (χ4v) is 4.42. The van der Waals surface area contributed by atoms with E-state index in [9.17, 15) is 8.42 Å². The second kappa shape index (κ2) is 6.87. The highest BCUT2D eigenvalue weighted by molar-refractivity contribution is 7.89. The van der Waals surface area contributed by atoms with Crippen LogP contribution in [0.15, 0.2) is 17.3 Å². The highest BCUT2D eigenvalue weighted by atomic mass is 32.2. The number of sulfonamides is 1. The van der Waals surface area contributed by atoms with Crippen molar-refractivity contribution in [3.05, 3.63) is 12.3 Å². The van der Waals surface area contributed by atoms with Crippen molar-refractivity contribution in [1.29, 1.82) is 0 Å². The molecule has 2 rings (SSSR count). The summed E-state index contributed by atoms with van der Waals surface area (Å²) in [4.78, 5) is 2.35. The lowest BCUT2D eigenvalue weighted by atomic mass is 10.1. The summed E-state index contributed by atoms with van der Waals surface area (Å²) >= 11 is 0. The van der Waals surface area contributed by atoms with Crippen molar-refractivity contribution >= 4 is 10.0 Å². The average Bonchev–Trinajstić information content (AvgIpc) is 2.92. The molecule has 1 saturated heterocycles. The van der Waals surface area contributed by atoms with Gasteiger partial charge >= 0.3 is 0 Å². The topological polar surface area (TPSA) is 84.5 Å². The Labute approximate surface area is 126 Å². The van der Waals surface area contributed by atoms with Crippen molar-refractivity contribution in [1.82, 2.24) is 19.0 Å². The molecule has 1 aliphatic heterocycles. The van der Waals surface area contributed by atoms with Crippen molar-refractivity contribution < 1.29 is 8.42 Å². The van der Waals surface area contributed by atoms with Crippen molar-refractivity contribution in [2.24, 2.45) is 12.8 Å². The zero-order chi connectivity index (χ0) is 15.5. The third kappa shape index (κ3) is 3.45. The molecular formula is C13H25N5O2S. The zero-order valence-electron chi connectivity index (χ0n) is 12.8. The minimum absolute atomic E-state index is 0.255. The minimum atomic E-state index is -3.44. The van der Waals surface area contributed by atoms with Gasteiger partial charge in [-0.05, 0) is 25.5 Å². The quantitative estimate of drug-likeness (QED) is 0.789. The van der Waals surface area contributed by atoms with Gasteiger partial charge < -0.3 is 5.73 Å². The molecule has 120 valence electrons. The summed E-state index contributed by atoms with van der Waals surface area (Å²) in [5, 5.41) is 4.20. The molecule has 1 aliphatic rings. The Bertz CT molecular complexity index is 549. The fourth-order valence-electron chi connectivity index (χ4n) is 2.89. The van der Waals surface area contributed by atoms with Gasteiger partial charge in [0.25, 0.3) is 10.0 Å². The fraction of sp³-hybridized carbons (Fsp3) is 0.769. The first-order valence-corrected chi connectivity index (χ1v) is 8.87. The predicted molar refractivity (Wildman–Crippen MR) is 81.3 cm³/mol. The monoisotopic (exact) mass is 315 g/mol. The van der Waals surface area contributed by atoms with Crippen LogP contribution in [0.4, 0.5) is 0 Å². The lowest BCUT2D eigenvalue weighted by Crippen LogP contribution is -2.52. The van der Waals surface area contributed by atoms with Crippen LogP contribution >= 0.6 is 0 Å². The third-order valence-corrected chi connectivity index (χ3v) is 6.11. The molecular weight excluding hydrogens is 290 g/mol. The molecule has 0 aromatic carbocycles. The SMILES string of the molecule is CCC(CCN)N1CCN(S(=O)(=O)c2ccnn2C)CC1. The Morgan fingerprint density at radius 2 is 2.00 bits per heavy atom. The van der Waals surface area contributed by atoms with E-state index in [0.717, 1.165) is 25.9 Å².